The van der Waals surface area contributed by atoms with Crippen molar-refractivity contribution in [1.29, 1.82) is 0 Å². The highest BCUT2D eigenvalue weighted by Gasteiger charge is 2.21. The molecule has 100 valence electrons. The first-order valence-electron chi connectivity index (χ1n) is 5.86. The number of hydrogen-bond donors (Lipinski definition) is 1. The summed E-state index contributed by atoms with van der Waals surface area (Å²) in [6, 6.07) is 7.17. The molecule has 5 heteroatoms. The number of ether oxygens (including phenoxy) is 1. The van der Waals surface area contributed by atoms with Crippen LogP contribution < -0.4 is 5.73 Å². The van der Waals surface area contributed by atoms with Crippen molar-refractivity contribution in [2.45, 2.75) is 6.42 Å². The number of nitrogen functional groups attached to an aromatic ring is 1. The van der Waals surface area contributed by atoms with Gasteiger partial charge >= 0.3 is 0 Å². The number of benzene rings is 1. The molecule has 1 amide bonds. The molecule has 2 rings (SSSR count). The molecule has 18 heavy (non-hydrogen) atoms. The van der Waals surface area contributed by atoms with E-state index < -0.39 is 0 Å². The lowest BCUT2D eigenvalue weighted by atomic mass is 10.1. The Morgan fingerprint density at radius 3 is 2.83 bits per heavy atom. The number of halogens is 1. The van der Waals surface area contributed by atoms with E-state index in [0.29, 0.717) is 17.2 Å². The van der Waals surface area contributed by atoms with Crippen LogP contribution in [-0.4, -0.2) is 37.6 Å². The highest BCUT2D eigenvalue weighted by Crippen LogP contribution is 2.17. The van der Waals surface area contributed by atoms with Crippen LogP contribution >= 0.6 is 12.4 Å². The Morgan fingerprint density at radius 1 is 1.50 bits per heavy atom. The first kappa shape index (κ1) is 14.8. The van der Waals surface area contributed by atoms with Gasteiger partial charge in [-0.1, -0.05) is 12.1 Å². The molecule has 1 fully saturated rings. The molecule has 0 aliphatic carbocycles. The van der Waals surface area contributed by atoms with E-state index in [0.717, 1.165) is 26.2 Å². The van der Waals surface area contributed by atoms with Crippen molar-refractivity contribution in [3.05, 3.63) is 29.8 Å². The summed E-state index contributed by atoms with van der Waals surface area (Å²) in [6.45, 7) is 2.29. The van der Waals surface area contributed by atoms with Crippen molar-refractivity contribution in [2.24, 2.45) is 5.92 Å². The second-order valence-electron chi connectivity index (χ2n) is 4.50. The second kappa shape index (κ2) is 6.61. The van der Waals surface area contributed by atoms with E-state index in [2.05, 4.69) is 0 Å². The zero-order valence-corrected chi connectivity index (χ0v) is 11.3. The van der Waals surface area contributed by atoms with Crippen LogP contribution in [0, 0.1) is 5.92 Å². The molecule has 0 spiro atoms. The maximum absolute atomic E-state index is 12.2. The smallest absolute Gasteiger partial charge is 0.255 e. The predicted molar refractivity (Wildman–Crippen MR) is 74.0 cm³/mol. The van der Waals surface area contributed by atoms with Crippen molar-refractivity contribution in [2.75, 3.05) is 32.5 Å². The van der Waals surface area contributed by atoms with Crippen LogP contribution in [0.5, 0.6) is 0 Å². The van der Waals surface area contributed by atoms with Gasteiger partial charge in [0.1, 0.15) is 0 Å². The van der Waals surface area contributed by atoms with Crippen molar-refractivity contribution in [3.8, 4) is 0 Å². The third-order valence-corrected chi connectivity index (χ3v) is 3.09. The van der Waals surface area contributed by atoms with Gasteiger partial charge in [0.15, 0.2) is 0 Å². The first-order valence-corrected chi connectivity index (χ1v) is 5.86. The predicted octanol–water partition coefficient (Wildman–Crippen LogP) is 1.80. The SMILES string of the molecule is CN(CC1CCOC1)C(=O)c1ccccc1N.Cl. The standard InChI is InChI=1S/C13H18N2O2.ClH/c1-15(8-10-6-7-17-9-10)13(16)11-4-2-3-5-12(11)14;/h2-5,10H,6-9,14H2,1H3;1H. The van der Waals surface area contributed by atoms with E-state index in [9.17, 15) is 4.79 Å². The minimum absolute atomic E-state index is 0. The number of nitrogens with two attached hydrogens (primary N) is 1. The lowest BCUT2D eigenvalue weighted by Gasteiger charge is -2.21. The Balaban J connectivity index is 0.00000162. The van der Waals surface area contributed by atoms with Gasteiger partial charge in [0.05, 0.1) is 12.2 Å². The molecule has 1 aliphatic heterocycles. The van der Waals surface area contributed by atoms with Gasteiger partial charge in [-0.05, 0) is 18.6 Å². The molecule has 2 N–H and O–H groups in total. The van der Waals surface area contributed by atoms with Crippen molar-refractivity contribution in [1.82, 2.24) is 4.90 Å². The summed E-state index contributed by atoms with van der Waals surface area (Å²) in [5.74, 6) is 0.434. The third kappa shape index (κ3) is 3.37. The van der Waals surface area contributed by atoms with Crippen molar-refractivity contribution < 1.29 is 9.53 Å². The first-order chi connectivity index (χ1) is 8.18. The molecule has 0 saturated carbocycles. The van der Waals surface area contributed by atoms with Gasteiger partial charge in [-0.3, -0.25) is 4.79 Å². The summed E-state index contributed by atoms with van der Waals surface area (Å²) < 4.78 is 5.30. The average Bonchev–Trinajstić information content (AvgIpc) is 2.81. The molecular weight excluding hydrogens is 252 g/mol. The van der Waals surface area contributed by atoms with E-state index >= 15 is 0 Å². The molecule has 0 aromatic heterocycles. The van der Waals surface area contributed by atoms with E-state index in [4.69, 9.17) is 10.5 Å². The fraction of sp³-hybridized carbons (Fsp3) is 0.462. The Kier molecular flexibility index (Phi) is 5.44. The number of para-hydroxylation sites is 1. The maximum atomic E-state index is 12.2. The number of carbonyl (C=O) groups excluding carboxylic acids is 1. The van der Waals surface area contributed by atoms with E-state index in [1.807, 2.05) is 19.2 Å². The number of amides is 1. The van der Waals surface area contributed by atoms with Crippen LogP contribution in [0.3, 0.4) is 0 Å². The Bertz CT molecular complexity index is 406. The highest BCUT2D eigenvalue weighted by molar-refractivity contribution is 5.98. The molecule has 1 atom stereocenters. The number of carbonyl (C=O) groups is 1. The minimum Gasteiger partial charge on any atom is -0.398 e. The van der Waals surface area contributed by atoms with Gasteiger partial charge in [0, 0.05) is 31.8 Å². The summed E-state index contributed by atoms with van der Waals surface area (Å²) in [5.41, 5.74) is 6.91. The summed E-state index contributed by atoms with van der Waals surface area (Å²) in [5, 5.41) is 0. The van der Waals surface area contributed by atoms with E-state index in [1.54, 1.807) is 17.0 Å². The molecule has 1 saturated heterocycles. The number of nitrogens with zero attached hydrogens (tertiary/aromatic N) is 1. The van der Waals surface area contributed by atoms with Gasteiger partial charge in [-0.25, -0.2) is 0 Å². The van der Waals surface area contributed by atoms with Crippen LogP contribution in [0.25, 0.3) is 0 Å². The van der Waals surface area contributed by atoms with Gasteiger partial charge < -0.3 is 15.4 Å². The summed E-state index contributed by atoms with van der Waals surface area (Å²) in [6.07, 6.45) is 1.03. The molecule has 1 unspecified atom stereocenters. The van der Waals surface area contributed by atoms with Gasteiger partial charge in [0.25, 0.3) is 5.91 Å². The largest absolute Gasteiger partial charge is 0.398 e. The number of anilines is 1. The topological polar surface area (TPSA) is 55.6 Å². The molecule has 4 nitrogen and oxygen atoms in total. The molecule has 0 radical (unpaired) electrons. The summed E-state index contributed by atoms with van der Waals surface area (Å²) in [4.78, 5) is 13.9. The molecule has 1 heterocycles. The average molecular weight is 271 g/mol. The Hall–Kier alpha value is -1.26. The van der Waals surface area contributed by atoms with Crippen molar-refractivity contribution >= 4 is 24.0 Å². The Labute approximate surface area is 114 Å². The molecule has 1 aromatic rings. The van der Waals surface area contributed by atoms with E-state index in [-0.39, 0.29) is 18.3 Å². The van der Waals surface area contributed by atoms with Crippen LogP contribution in [0.2, 0.25) is 0 Å². The van der Waals surface area contributed by atoms with Crippen LogP contribution in [0.4, 0.5) is 5.69 Å². The van der Waals surface area contributed by atoms with Gasteiger partial charge in [0.2, 0.25) is 0 Å². The molecular formula is C13H19ClN2O2. The quantitative estimate of drug-likeness (QED) is 0.852. The Morgan fingerprint density at radius 2 is 2.22 bits per heavy atom. The minimum atomic E-state index is -0.0185. The monoisotopic (exact) mass is 270 g/mol. The summed E-state index contributed by atoms with van der Waals surface area (Å²) in [7, 11) is 1.81. The second-order valence-corrected chi connectivity index (χ2v) is 4.50. The zero-order valence-electron chi connectivity index (χ0n) is 10.5. The van der Waals surface area contributed by atoms with Crippen LogP contribution in [0.15, 0.2) is 24.3 Å². The lowest BCUT2D eigenvalue weighted by molar-refractivity contribution is 0.0767. The number of hydrogen-bond acceptors (Lipinski definition) is 3. The lowest BCUT2D eigenvalue weighted by Crippen LogP contribution is -2.32. The van der Waals surface area contributed by atoms with Crippen molar-refractivity contribution in [3.63, 3.8) is 0 Å². The third-order valence-electron chi connectivity index (χ3n) is 3.09. The number of rotatable bonds is 3. The summed E-state index contributed by atoms with van der Waals surface area (Å²) >= 11 is 0. The maximum Gasteiger partial charge on any atom is 0.255 e. The van der Waals surface area contributed by atoms with Crippen LogP contribution in [0.1, 0.15) is 16.8 Å². The van der Waals surface area contributed by atoms with Gasteiger partial charge in [-0.2, -0.15) is 0 Å². The van der Waals surface area contributed by atoms with Gasteiger partial charge in [-0.15, -0.1) is 12.4 Å². The normalized spacial score (nSPS) is 18.2. The fourth-order valence-corrected chi connectivity index (χ4v) is 2.09. The highest BCUT2D eigenvalue weighted by atomic mass is 35.5. The zero-order chi connectivity index (χ0) is 12.3. The van der Waals surface area contributed by atoms with Crippen LogP contribution in [-0.2, 0) is 4.74 Å². The molecule has 1 aliphatic rings. The van der Waals surface area contributed by atoms with E-state index in [1.165, 1.54) is 0 Å². The molecule has 1 aromatic carbocycles. The molecule has 0 bridgehead atoms. The fourth-order valence-electron chi connectivity index (χ4n) is 2.09.